The van der Waals surface area contributed by atoms with E-state index in [9.17, 15) is 0 Å². The van der Waals surface area contributed by atoms with Crippen molar-refractivity contribution in [2.75, 3.05) is 18.5 Å². The van der Waals surface area contributed by atoms with Gasteiger partial charge in [-0.05, 0) is 37.8 Å². The quantitative estimate of drug-likeness (QED) is 0.745. The molecule has 3 nitrogen and oxygen atoms in total. The highest BCUT2D eigenvalue weighted by molar-refractivity contribution is 5.42. The van der Waals surface area contributed by atoms with Crippen LogP contribution >= 0.6 is 0 Å². The second-order valence-electron chi connectivity index (χ2n) is 4.23. The smallest absolute Gasteiger partial charge is 0.0434 e. The van der Waals surface area contributed by atoms with Gasteiger partial charge in [0.05, 0.1) is 0 Å². The predicted octanol–water partition coefficient (Wildman–Crippen LogP) is 2.60. The van der Waals surface area contributed by atoms with Crippen molar-refractivity contribution in [1.29, 1.82) is 0 Å². The third-order valence-electron chi connectivity index (χ3n) is 2.73. The molecule has 0 bridgehead atoms. The summed E-state index contributed by atoms with van der Waals surface area (Å²) in [5, 5.41) is 12.4. The van der Waals surface area contributed by atoms with Crippen LogP contribution in [0.15, 0.2) is 18.3 Å². The normalized spacial score (nSPS) is 12.4. The molecule has 0 aliphatic heterocycles. The molecule has 0 saturated heterocycles. The van der Waals surface area contributed by atoms with E-state index in [0.717, 1.165) is 30.8 Å². The van der Waals surface area contributed by atoms with Gasteiger partial charge in [0.1, 0.15) is 0 Å². The van der Waals surface area contributed by atoms with E-state index in [1.165, 1.54) is 6.42 Å². The Morgan fingerprint density at radius 1 is 1.44 bits per heavy atom. The Balaban J connectivity index is 2.41. The molecule has 3 heteroatoms. The molecule has 0 amide bonds. The minimum atomic E-state index is 0.279. The monoisotopic (exact) mass is 222 g/mol. The molecule has 2 N–H and O–H groups in total. The van der Waals surface area contributed by atoms with Crippen molar-refractivity contribution in [2.24, 2.45) is 5.92 Å². The standard InChI is InChI=1S/C13H22N2O/c1-3-4-12(6-8-16)10-15-13-5-7-14-11(2)9-13/h5,7,9,12,16H,3-4,6,8,10H2,1-2H3,(H,14,15). The lowest BCUT2D eigenvalue weighted by Gasteiger charge is -2.16. The van der Waals surface area contributed by atoms with Gasteiger partial charge in [-0.1, -0.05) is 13.3 Å². The number of hydrogen-bond acceptors (Lipinski definition) is 3. The maximum absolute atomic E-state index is 8.97. The highest BCUT2D eigenvalue weighted by Gasteiger charge is 2.06. The molecule has 1 atom stereocenters. The zero-order valence-corrected chi connectivity index (χ0v) is 10.2. The second-order valence-corrected chi connectivity index (χ2v) is 4.23. The summed E-state index contributed by atoms with van der Waals surface area (Å²) in [7, 11) is 0. The third-order valence-corrected chi connectivity index (χ3v) is 2.73. The van der Waals surface area contributed by atoms with Crippen molar-refractivity contribution in [2.45, 2.75) is 33.1 Å². The van der Waals surface area contributed by atoms with Crippen LogP contribution in [0.2, 0.25) is 0 Å². The van der Waals surface area contributed by atoms with Gasteiger partial charge in [-0.15, -0.1) is 0 Å². The average molecular weight is 222 g/mol. The van der Waals surface area contributed by atoms with Crippen LogP contribution in [-0.4, -0.2) is 23.2 Å². The van der Waals surface area contributed by atoms with Gasteiger partial charge < -0.3 is 10.4 Å². The molecule has 0 aliphatic rings. The molecule has 0 aromatic carbocycles. The highest BCUT2D eigenvalue weighted by atomic mass is 16.3. The van der Waals surface area contributed by atoms with Gasteiger partial charge in [0.2, 0.25) is 0 Å². The van der Waals surface area contributed by atoms with Crippen LogP contribution in [-0.2, 0) is 0 Å². The molecule has 1 heterocycles. The summed E-state index contributed by atoms with van der Waals surface area (Å²) in [6.45, 7) is 5.38. The summed E-state index contributed by atoms with van der Waals surface area (Å²) >= 11 is 0. The van der Waals surface area contributed by atoms with Crippen molar-refractivity contribution in [1.82, 2.24) is 4.98 Å². The molecule has 0 saturated carbocycles. The number of pyridine rings is 1. The number of nitrogens with zero attached hydrogens (tertiary/aromatic N) is 1. The van der Waals surface area contributed by atoms with E-state index in [2.05, 4.69) is 17.2 Å². The molecular weight excluding hydrogens is 200 g/mol. The summed E-state index contributed by atoms with van der Waals surface area (Å²) in [5.41, 5.74) is 2.14. The zero-order valence-electron chi connectivity index (χ0n) is 10.2. The van der Waals surface area contributed by atoms with Crippen LogP contribution in [0, 0.1) is 12.8 Å². The summed E-state index contributed by atoms with van der Waals surface area (Å²) in [6.07, 6.45) is 5.03. The highest BCUT2D eigenvalue weighted by Crippen LogP contribution is 2.13. The topological polar surface area (TPSA) is 45.1 Å². The van der Waals surface area contributed by atoms with Crippen molar-refractivity contribution in [3.63, 3.8) is 0 Å². The Bertz CT molecular complexity index is 296. The Morgan fingerprint density at radius 3 is 2.88 bits per heavy atom. The van der Waals surface area contributed by atoms with Gasteiger partial charge in [0, 0.05) is 30.7 Å². The van der Waals surface area contributed by atoms with Gasteiger partial charge in [-0.2, -0.15) is 0 Å². The molecule has 16 heavy (non-hydrogen) atoms. The van der Waals surface area contributed by atoms with E-state index < -0.39 is 0 Å². The maximum atomic E-state index is 8.97. The molecule has 90 valence electrons. The first-order chi connectivity index (χ1) is 7.76. The number of nitrogens with one attached hydrogen (secondary N) is 1. The number of aromatic nitrogens is 1. The van der Waals surface area contributed by atoms with Gasteiger partial charge >= 0.3 is 0 Å². The van der Waals surface area contributed by atoms with E-state index in [1.54, 1.807) is 0 Å². The van der Waals surface area contributed by atoms with Crippen molar-refractivity contribution >= 4 is 5.69 Å². The average Bonchev–Trinajstić information content (AvgIpc) is 2.27. The molecule has 0 spiro atoms. The lowest BCUT2D eigenvalue weighted by Crippen LogP contribution is -2.15. The predicted molar refractivity (Wildman–Crippen MR) is 67.6 cm³/mol. The number of anilines is 1. The Labute approximate surface area is 97.9 Å². The van der Waals surface area contributed by atoms with Crippen LogP contribution < -0.4 is 5.32 Å². The van der Waals surface area contributed by atoms with Crippen LogP contribution in [0.25, 0.3) is 0 Å². The first-order valence-corrected chi connectivity index (χ1v) is 6.03. The number of aliphatic hydroxyl groups is 1. The lowest BCUT2D eigenvalue weighted by molar-refractivity contribution is 0.255. The van der Waals surface area contributed by atoms with Crippen LogP contribution in [0.1, 0.15) is 31.9 Å². The summed E-state index contributed by atoms with van der Waals surface area (Å²) < 4.78 is 0. The van der Waals surface area contributed by atoms with Gasteiger partial charge in [0.25, 0.3) is 0 Å². The van der Waals surface area contributed by atoms with E-state index in [-0.39, 0.29) is 6.61 Å². The lowest BCUT2D eigenvalue weighted by atomic mass is 10.0. The van der Waals surface area contributed by atoms with Gasteiger partial charge in [-0.3, -0.25) is 4.98 Å². The molecule has 0 fully saturated rings. The number of aliphatic hydroxyl groups excluding tert-OH is 1. The van der Waals surface area contributed by atoms with Crippen LogP contribution in [0.4, 0.5) is 5.69 Å². The van der Waals surface area contributed by atoms with E-state index in [0.29, 0.717) is 5.92 Å². The molecule has 1 unspecified atom stereocenters. The molecule has 0 aliphatic carbocycles. The Hall–Kier alpha value is -1.09. The fourth-order valence-electron chi connectivity index (χ4n) is 1.86. The number of hydrogen-bond donors (Lipinski definition) is 2. The second kappa shape index (κ2) is 7.23. The van der Waals surface area contributed by atoms with Gasteiger partial charge in [-0.25, -0.2) is 0 Å². The summed E-state index contributed by atoms with van der Waals surface area (Å²) in [5.74, 6) is 0.559. The van der Waals surface area contributed by atoms with Crippen molar-refractivity contribution < 1.29 is 5.11 Å². The first kappa shape index (κ1) is 13.0. The SMILES string of the molecule is CCCC(CCO)CNc1ccnc(C)c1. The van der Waals surface area contributed by atoms with E-state index in [1.807, 2.05) is 25.3 Å². The third kappa shape index (κ3) is 4.62. The van der Waals surface area contributed by atoms with Gasteiger partial charge in [0.15, 0.2) is 0 Å². The van der Waals surface area contributed by atoms with Crippen molar-refractivity contribution in [3.05, 3.63) is 24.0 Å². The summed E-state index contributed by atoms with van der Waals surface area (Å²) in [6, 6.07) is 4.02. The van der Waals surface area contributed by atoms with E-state index in [4.69, 9.17) is 5.11 Å². The largest absolute Gasteiger partial charge is 0.396 e. The Morgan fingerprint density at radius 2 is 2.25 bits per heavy atom. The first-order valence-electron chi connectivity index (χ1n) is 6.03. The Kier molecular flexibility index (Phi) is 5.86. The fraction of sp³-hybridized carbons (Fsp3) is 0.615. The fourth-order valence-corrected chi connectivity index (χ4v) is 1.86. The van der Waals surface area contributed by atoms with E-state index >= 15 is 0 Å². The minimum Gasteiger partial charge on any atom is -0.396 e. The number of aryl methyl sites for hydroxylation is 1. The molecular formula is C13H22N2O. The zero-order chi connectivity index (χ0) is 11.8. The van der Waals surface area contributed by atoms with Crippen molar-refractivity contribution in [3.8, 4) is 0 Å². The molecule has 1 rings (SSSR count). The number of rotatable bonds is 7. The summed E-state index contributed by atoms with van der Waals surface area (Å²) in [4.78, 5) is 4.16. The minimum absolute atomic E-state index is 0.279. The molecule has 1 aromatic heterocycles. The maximum Gasteiger partial charge on any atom is 0.0434 e. The van der Waals surface area contributed by atoms with Crippen LogP contribution in [0.5, 0.6) is 0 Å². The molecule has 1 aromatic rings. The molecule has 0 radical (unpaired) electrons. The van der Waals surface area contributed by atoms with Crippen LogP contribution in [0.3, 0.4) is 0 Å².